The number of ether oxygens (including phenoxy) is 1. The molecule has 1 aromatic rings. The smallest absolute Gasteiger partial charge is 0.209 e. The van der Waals surface area contributed by atoms with Gasteiger partial charge in [0.15, 0.2) is 17.5 Å². The molecule has 0 radical (unpaired) electrons. The number of guanidine groups is 1. The van der Waals surface area contributed by atoms with Gasteiger partial charge in [0.1, 0.15) is 6.61 Å². The molecule has 26 heavy (non-hydrogen) atoms. The second-order valence-electron chi connectivity index (χ2n) is 6.63. The Kier molecular flexibility index (Phi) is 8.29. The van der Waals surface area contributed by atoms with Gasteiger partial charge in [0.2, 0.25) is 10.0 Å². The molecule has 0 bridgehead atoms. The predicted molar refractivity (Wildman–Crippen MR) is 103 cm³/mol. The Bertz CT molecular complexity index is 708. The fraction of sp³-hybridized carbons (Fsp3) is 0.588. The van der Waals surface area contributed by atoms with Crippen molar-refractivity contribution in [2.24, 2.45) is 4.99 Å². The lowest BCUT2D eigenvalue weighted by Gasteiger charge is -2.26. The second-order valence-corrected chi connectivity index (χ2v) is 8.38. The lowest BCUT2D eigenvalue weighted by molar-refractivity contribution is 0.270. The summed E-state index contributed by atoms with van der Waals surface area (Å²) in [6.07, 6.45) is 1.12. The summed E-state index contributed by atoms with van der Waals surface area (Å²) in [7, 11) is -1.48. The summed E-state index contributed by atoms with van der Waals surface area (Å²) in [4.78, 5) is 6.34. The number of para-hydroxylation sites is 1. The van der Waals surface area contributed by atoms with Gasteiger partial charge in [-0.2, -0.15) is 0 Å². The molecule has 0 unspecified atom stereocenters. The van der Waals surface area contributed by atoms with Gasteiger partial charge in [-0.15, -0.1) is 0 Å². The molecule has 0 spiro atoms. The number of aliphatic imine (C=N–C) groups is 1. The highest BCUT2D eigenvalue weighted by atomic mass is 32.2. The lowest BCUT2D eigenvalue weighted by Crippen LogP contribution is -2.47. The van der Waals surface area contributed by atoms with Crippen LogP contribution in [0.2, 0.25) is 0 Å². The van der Waals surface area contributed by atoms with Crippen LogP contribution < -0.4 is 14.8 Å². The van der Waals surface area contributed by atoms with Crippen LogP contribution in [0.1, 0.15) is 20.8 Å². The summed E-state index contributed by atoms with van der Waals surface area (Å²) in [5.41, 5.74) is -0.710. The zero-order valence-electron chi connectivity index (χ0n) is 16.0. The molecule has 1 aromatic carbocycles. The van der Waals surface area contributed by atoms with Gasteiger partial charge in [-0.25, -0.2) is 17.5 Å². The van der Waals surface area contributed by atoms with E-state index in [1.54, 1.807) is 32.0 Å². The molecule has 1 rings (SSSR count). The molecule has 0 aliphatic rings. The highest BCUT2D eigenvalue weighted by Crippen LogP contribution is 2.15. The number of hydrogen-bond acceptors (Lipinski definition) is 4. The molecule has 0 aliphatic carbocycles. The standard InChI is InChI=1S/C17H29FN4O3S/c1-6-19-16(20-13-17(2,3)21-26(5,23)24)22(4)11-12-25-15-10-8-7-9-14(15)18/h7-10,21H,6,11-13H2,1-5H3,(H,19,20). The van der Waals surface area contributed by atoms with Crippen LogP contribution in [0, 0.1) is 5.82 Å². The van der Waals surface area contributed by atoms with E-state index in [2.05, 4.69) is 15.0 Å². The third-order valence-electron chi connectivity index (χ3n) is 3.30. The first kappa shape index (κ1) is 22.2. The molecule has 0 atom stereocenters. The van der Waals surface area contributed by atoms with Crippen LogP contribution in [0.15, 0.2) is 29.3 Å². The summed E-state index contributed by atoms with van der Waals surface area (Å²) in [5.74, 6) is 0.429. The molecule has 0 aromatic heterocycles. The van der Waals surface area contributed by atoms with E-state index in [1.807, 2.05) is 18.9 Å². The van der Waals surface area contributed by atoms with Crippen LogP contribution in [0.5, 0.6) is 5.75 Å². The topological polar surface area (TPSA) is 83.0 Å². The Labute approximate surface area is 155 Å². The molecular formula is C17H29FN4O3S. The van der Waals surface area contributed by atoms with E-state index in [4.69, 9.17) is 4.74 Å². The average Bonchev–Trinajstić information content (AvgIpc) is 2.50. The van der Waals surface area contributed by atoms with Gasteiger partial charge in [0, 0.05) is 19.1 Å². The van der Waals surface area contributed by atoms with E-state index in [0.29, 0.717) is 19.0 Å². The monoisotopic (exact) mass is 388 g/mol. The highest BCUT2D eigenvalue weighted by Gasteiger charge is 2.22. The summed E-state index contributed by atoms with van der Waals surface area (Å²) in [6.45, 7) is 7.18. The second kappa shape index (κ2) is 9.72. The number of benzene rings is 1. The first-order valence-electron chi connectivity index (χ1n) is 8.40. The van der Waals surface area contributed by atoms with Crippen LogP contribution >= 0.6 is 0 Å². The zero-order valence-corrected chi connectivity index (χ0v) is 16.9. The SMILES string of the molecule is CCNC(=NCC(C)(C)NS(C)(=O)=O)N(C)CCOc1ccccc1F. The minimum absolute atomic E-state index is 0.210. The van der Waals surface area contributed by atoms with Crippen molar-refractivity contribution < 1.29 is 17.5 Å². The van der Waals surface area contributed by atoms with Crippen molar-refractivity contribution in [1.29, 1.82) is 0 Å². The Hall–Kier alpha value is -1.87. The van der Waals surface area contributed by atoms with E-state index in [9.17, 15) is 12.8 Å². The molecule has 0 amide bonds. The Balaban J connectivity index is 2.65. The molecular weight excluding hydrogens is 359 g/mol. The largest absolute Gasteiger partial charge is 0.489 e. The predicted octanol–water partition coefficient (Wildman–Crippen LogP) is 1.43. The van der Waals surface area contributed by atoms with E-state index in [-0.39, 0.29) is 18.9 Å². The summed E-state index contributed by atoms with van der Waals surface area (Å²) < 4.78 is 44.4. The van der Waals surface area contributed by atoms with Gasteiger partial charge >= 0.3 is 0 Å². The zero-order chi connectivity index (χ0) is 19.8. The van der Waals surface area contributed by atoms with Crippen molar-refractivity contribution in [2.45, 2.75) is 26.3 Å². The molecule has 9 heteroatoms. The molecule has 0 saturated heterocycles. The van der Waals surface area contributed by atoms with Gasteiger partial charge < -0.3 is 15.0 Å². The molecule has 0 heterocycles. The quantitative estimate of drug-likeness (QED) is 0.494. The van der Waals surface area contributed by atoms with Crippen molar-refractivity contribution in [3.05, 3.63) is 30.1 Å². The van der Waals surface area contributed by atoms with Gasteiger partial charge in [-0.1, -0.05) is 12.1 Å². The summed E-state index contributed by atoms with van der Waals surface area (Å²) in [5, 5.41) is 3.15. The van der Waals surface area contributed by atoms with E-state index >= 15 is 0 Å². The summed E-state index contributed by atoms with van der Waals surface area (Å²) >= 11 is 0. The lowest BCUT2D eigenvalue weighted by atomic mass is 10.1. The van der Waals surface area contributed by atoms with Crippen molar-refractivity contribution in [1.82, 2.24) is 14.9 Å². The number of hydrogen-bond donors (Lipinski definition) is 2. The third kappa shape index (κ3) is 8.48. The van der Waals surface area contributed by atoms with Crippen molar-refractivity contribution in [2.75, 3.05) is 39.5 Å². The fourth-order valence-electron chi connectivity index (χ4n) is 2.24. The molecule has 7 nitrogen and oxygen atoms in total. The molecule has 148 valence electrons. The Morgan fingerprint density at radius 3 is 2.58 bits per heavy atom. The normalized spacial score (nSPS) is 12.8. The number of halogens is 1. The molecule has 0 saturated carbocycles. The number of nitrogens with one attached hydrogen (secondary N) is 2. The van der Waals surface area contributed by atoms with E-state index in [0.717, 1.165) is 6.26 Å². The molecule has 0 aliphatic heterocycles. The number of nitrogens with zero attached hydrogens (tertiary/aromatic N) is 2. The highest BCUT2D eigenvalue weighted by molar-refractivity contribution is 7.88. The number of rotatable bonds is 9. The maximum atomic E-state index is 13.5. The maximum Gasteiger partial charge on any atom is 0.209 e. The Morgan fingerprint density at radius 1 is 1.35 bits per heavy atom. The Morgan fingerprint density at radius 2 is 2.00 bits per heavy atom. The van der Waals surface area contributed by atoms with E-state index in [1.165, 1.54) is 6.07 Å². The van der Waals surface area contributed by atoms with Gasteiger partial charge in [0.25, 0.3) is 0 Å². The van der Waals surface area contributed by atoms with Crippen molar-refractivity contribution >= 4 is 16.0 Å². The van der Waals surface area contributed by atoms with Gasteiger partial charge in [-0.05, 0) is 32.9 Å². The molecule has 2 N–H and O–H groups in total. The average molecular weight is 389 g/mol. The van der Waals surface area contributed by atoms with Crippen molar-refractivity contribution in [3.63, 3.8) is 0 Å². The van der Waals surface area contributed by atoms with Crippen LogP contribution in [0.25, 0.3) is 0 Å². The van der Waals surface area contributed by atoms with Crippen LogP contribution in [-0.4, -0.2) is 64.4 Å². The van der Waals surface area contributed by atoms with Gasteiger partial charge in [0.05, 0.1) is 19.3 Å². The summed E-state index contributed by atoms with van der Waals surface area (Å²) in [6, 6.07) is 6.25. The fourth-order valence-corrected chi connectivity index (χ4v) is 3.30. The third-order valence-corrected chi connectivity index (χ3v) is 4.23. The van der Waals surface area contributed by atoms with E-state index < -0.39 is 21.4 Å². The van der Waals surface area contributed by atoms with Crippen LogP contribution in [0.4, 0.5) is 4.39 Å². The van der Waals surface area contributed by atoms with Gasteiger partial charge in [-0.3, -0.25) is 4.99 Å². The minimum Gasteiger partial charge on any atom is -0.489 e. The minimum atomic E-state index is -3.32. The van der Waals surface area contributed by atoms with Crippen molar-refractivity contribution in [3.8, 4) is 5.75 Å². The van der Waals surface area contributed by atoms with Crippen LogP contribution in [0.3, 0.4) is 0 Å². The number of likely N-dealkylation sites (N-methyl/N-ethyl adjacent to an activating group) is 1. The first-order valence-corrected chi connectivity index (χ1v) is 10.3. The maximum absolute atomic E-state index is 13.5. The van der Waals surface area contributed by atoms with Crippen LogP contribution in [-0.2, 0) is 10.0 Å². The molecule has 0 fully saturated rings. The number of sulfonamides is 1. The first-order chi connectivity index (χ1) is 12.0.